The summed E-state index contributed by atoms with van der Waals surface area (Å²) in [5, 5.41) is 11.9. The van der Waals surface area contributed by atoms with E-state index in [-0.39, 0.29) is 24.1 Å². The third kappa shape index (κ3) is 5.82. The first-order valence-corrected chi connectivity index (χ1v) is 12.0. The largest absolute Gasteiger partial charge is 0.486 e. The maximum Gasteiger partial charge on any atom is 0.234 e. The summed E-state index contributed by atoms with van der Waals surface area (Å²) in [6.45, 7) is 6.36. The number of aryl methyl sites for hydroxylation is 3. The van der Waals surface area contributed by atoms with Crippen molar-refractivity contribution in [2.75, 3.05) is 11.1 Å². The van der Waals surface area contributed by atoms with Crippen LogP contribution >= 0.6 is 11.8 Å². The highest BCUT2D eigenvalue weighted by molar-refractivity contribution is 7.99. The molecule has 0 atom stereocenters. The number of ether oxygens (including phenoxy) is 1. The van der Waals surface area contributed by atoms with Gasteiger partial charge in [-0.3, -0.25) is 9.36 Å². The molecule has 0 unspecified atom stereocenters. The number of hydrogen-bond donors (Lipinski definition) is 1. The second-order valence-electron chi connectivity index (χ2n) is 8.02. The Balaban J connectivity index is 1.38. The number of halogens is 1. The zero-order chi connectivity index (χ0) is 23.2. The van der Waals surface area contributed by atoms with Crippen LogP contribution in [0.4, 0.5) is 10.1 Å². The van der Waals surface area contributed by atoms with Crippen LogP contribution in [-0.2, 0) is 30.8 Å². The summed E-state index contributed by atoms with van der Waals surface area (Å²) in [6.07, 6.45) is 6.47. The lowest BCUT2D eigenvalue weighted by molar-refractivity contribution is -0.113. The zero-order valence-electron chi connectivity index (χ0n) is 18.6. The van der Waals surface area contributed by atoms with Crippen molar-refractivity contribution in [3.63, 3.8) is 0 Å². The van der Waals surface area contributed by atoms with Gasteiger partial charge >= 0.3 is 0 Å². The fourth-order valence-electron chi connectivity index (χ4n) is 3.88. The first kappa shape index (κ1) is 23.0. The molecule has 0 saturated carbocycles. The van der Waals surface area contributed by atoms with Gasteiger partial charge in [0.25, 0.3) is 0 Å². The number of nitrogens with one attached hydrogen (secondary N) is 1. The first-order chi connectivity index (χ1) is 16.0. The van der Waals surface area contributed by atoms with Crippen molar-refractivity contribution in [3.05, 3.63) is 77.4 Å². The molecular formula is C25H27FN4O2S. The minimum absolute atomic E-state index is 0.151. The molecule has 0 aliphatic heterocycles. The third-order valence-corrected chi connectivity index (χ3v) is 6.55. The minimum atomic E-state index is -0.331. The fraction of sp³-hybridized carbons (Fsp3) is 0.320. The van der Waals surface area contributed by atoms with Crippen molar-refractivity contribution < 1.29 is 13.9 Å². The van der Waals surface area contributed by atoms with Crippen molar-refractivity contribution in [1.82, 2.24) is 14.8 Å². The Morgan fingerprint density at radius 3 is 2.82 bits per heavy atom. The van der Waals surface area contributed by atoms with Gasteiger partial charge in [-0.1, -0.05) is 23.9 Å². The van der Waals surface area contributed by atoms with E-state index in [4.69, 9.17) is 4.74 Å². The number of allylic oxidation sites excluding steroid dienone is 1. The summed E-state index contributed by atoms with van der Waals surface area (Å²) in [5.41, 5.74) is 4.04. The number of benzene rings is 2. The zero-order valence-corrected chi connectivity index (χ0v) is 19.5. The lowest BCUT2D eigenvalue weighted by Crippen LogP contribution is -2.15. The number of nitrogens with zero attached hydrogens (tertiary/aromatic N) is 3. The summed E-state index contributed by atoms with van der Waals surface area (Å²) in [4.78, 5) is 12.4. The van der Waals surface area contributed by atoms with E-state index in [0.29, 0.717) is 28.8 Å². The normalized spacial score (nSPS) is 12.8. The van der Waals surface area contributed by atoms with Crippen LogP contribution < -0.4 is 10.1 Å². The van der Waals surface area contributed by atoms with Gasteiger partial charge in [0.2, 0.25) is 5.91 Å². The van der Waals surface area contributed by atoms with Crippen LogP contribution in [0.5, 0.6) is 5.75 Å². The van der Waals surface area contributed by atoms with Crippen molar-refractivity contribution >= 4 is 23.4 Å². The van der Waals surface area contributed by atoms with Gasteiger partial charge < -0.3 is 10.1 Å². The standard InChI is InChI=1S/C25H27FN4O2S/c1-3-12-30-23(15-32-21-10-8-18-6-4-5-7-19(18)14-21)28-29-25(30)33-16-24(31)27-22-11-9-20(26)13-17(22)2/h3,8-11,13-14H,1,4-7,12,15-16H2,2H3,(H,27,31). The Bertz CT molecular complexity index is 1160. The maximum atomic E-state index is 13.3. The van der Waals surface area contributed by atoms with E-state index in [2.05, 4.69) is 34.2 Å². The molecular weight excluding hydrogens is 439 g/mol. The molecule has 1 amide bonds. The van der Waals surface area contributed by atoms with Crippen LogP contribution in [0.3, 0.4) is 0 Å². The molecule has 0 bridgehead atoms. The maximum absolute atomic E-state index is 13.3. The van der Waals surface area contributed by atoms with Gasteiger partial charge in [-0.2, -0.15) is 0 Å². The van der Waals surface area contributed by atoms with E-state index in [0.717, 1.165) is 18.6 Å². The summed E-state index contributed by atoms with van der Waals surface area (Å²) in [6, 6.07) is 10.6. The highest BCUT2D eigenvalue weighted by Gasteiger charge is 2.16. The van der Waals surface area contributed by atoms with Gasteiger partial charge in [-0.05, 0) is 79.6 Å². The summed E-state index contributed by atoms with van der Waals surface area (Å²) in [5.74, 6) is 1.12. The van der Waals surface area contributed by atoms with E-state index in [1.807, 2.05) is 10.6 Å². The van der Waals surface area contributed by atoms with Gasteiger partial charge in [0, 0.05) is 12.2 Å². The van der Waals surface area contributed by atoms with Crippen molar-refractivity contribution in [3.8, 4) is 5.75 Å². The second-order valence-corrected chi connectivity index (χ2v) is 8.96. The van der Waals surface area contributed by atoms with Gasteiger partial charge in [-0.25, -0.2) is 4.39 Å². The molecule has 6 nitrogen and oxygen atoms in total. The Morgan fingerprint density at radius 1 is 1.21 bits per heavy atom. The Labute approximate surface area is 197 Å². The molecule has 1 aliphatic carbocycles. The number of amides is 1. The van der Waals surface area contributed by atoms with Crippen LogP contribution in [0.15, 0.2) is 54.2 Å². The number of hydrogen-bond acceptors (Lipinski definition) is 5. The number of thioether (sulfide) groups is 1. The highest BCUT2D eigenvalue weighted by Crippen LogP contribution is 2.26. The Hall–Kier alpha value is -3.13. The minimum Gasteiger partial charge on any atom is -0.486 e. The first-order valence-electron chi connectivity index (χ1n) is 11.0. The number of fused-ring (bicyclic) bond motifs is 1. The molecule has 1 aromatic heterocycles. The van der Waals surface area contributed by atoms with E-state index in [1.165, 1.54) is 47.9 Å². The molecule has 1 aliphatic rings. The van der Waals surface area contributed by atoms with E-state index < -0.39 is 0 Å². The lowest BCUT2D eigenvalue weighted by atomic mass is 9.92. The molecule has 0 radical (unpaired) electrons. The molecule has 4 rings (SSSR count). The second kappa shape index (κ2) is 10.7. The van der Waals surface area contributed by atoms with Crippen molar-refractivity contribution in [2.24, 2.45) is 0 Å². The molecule has 0 fully saturated rings. The van der Waals surface area contributed by atoms with Crippen LogP contribution in [0.2, 0.25) is 0 Å². The van der Waals surface area contributed by atoms with Gasteiger partial charge in [-0.15, -0.1) is 16.8 Å². The van der Waals surface area contributed by atoms with Crippen LogP contribution in [0.25, 0.3) is 0 Å². The molecule has 8 heteroatoms. The molecule has 33 heavy (non-hydrogen) atoms. The number of carbonyl (C=O) groups excluding carboxylic acids is 1. The van der Waals surface area contributed by atoms with Crippen molar-refractivity contribution in [1.29, 1.82) is 0 Å². The van der Waals surface area contributed by atoms with Crippen LogP contribution in [0.1, 0.15) is 35.4 Å². The van der Waals surface area contributed by atoms with E-state index >= 15 is 0 Å². The molecule has 0 saturated heterocycles. The summed E-state index contributed by atoms with van der Waals surface area (Å²) in [7, 11) is 0. The number of anilines is 1. The topological polar surface area (TPSA) is 69.0 Å². The number of aromatic nitrogens is 3. The monoisotopic (exact) mass is 466 g/mol. The molecule has 2 aromatic carbocycles. The predicted molar refractivity (Wildman–Crippen MR) is 128 cm³/mol. The third-order valence-electron chi connectivity index (χ3n) is 5.59. The average molecular weight is 467 g/mol. The van der Waals surface area contributed by atoms with Crippen molar-refractivity contribution in [2.45, 2.75) is 50.9 Å². The van der Waals surface area contributed by atoms with Gasteiger partial charge in [0.15, 0.2) is 11.0 Å². The molecule has 3 aromatic rings. The molecule has 1 heterocycles. The summed E-state index contributed by atoms with van der Waals surface area (Å²) < 4.78 is 21.2. The van der Waals surface area contributed by atoms with Gasteiger partial charge in [0.05, 0.1) is 5.75 Å². The smallest absolute Gasteiger partial charge is 0.234 e. The fourth-order valence-corrected chi connectivity index (χ4v) is 4.64. The average Bonchev–Trinajstić information content (AvgIpc) is 3.20. The highest BCUT2D eigenvalue weighted by atomic mass is 32.2. The lowest BCUT2D eigenvalue weighted by Gasteiger charge is -2.16. The number of rotatable bonds is 9. The van der Waals surface area contributed by atoms with Crippen LogP contribution in [-0.4, -0.2) is 26.4 Å². The molecule has 1 N–H and O–H groups in total. The van der Waals surface area contributed by atoms with E-state index in [1.54, 1.807) is 19.1 Å². The number of carbonyl (C=O) groups is 1. The Kier molecular flexibility index (Phi) is 7.44. The van der Waals surface area contributed by atoms with Crippen LogP contribution in [0, 0.1) is 12.7 Å². The quantitative estimate of drug-likeness (QED) is 0.351. The molecule has 0 spiro atoms. The molecule has 172 valence electrons. The Morgan fingerprint density at radius 2 is 2.03 bits per heavy atom. The van der Waals surface area contributed by atoms with E-state index in [9.17, 15) is 9.18 Å². The summed E-state index contributed by atoms with van der Waals surface area (Å²) >= 11 is 1.28. The SMILES string of the molecule is C=CCn1c(COc2ccc3c(c2)CCCC3)nnc1SCC(=O)Nc1ccc(F)cc1C. The van der Waals surface area contributed by atoms with Gasteiger partial charge in [0.1, 0.15) is 18.2 Å². The predicted octanol–water partition coefficient (Wildman–Crippen LogP) is 5.10.